The van der Waals surface area contributed by atoms with Crippen LogP contribution in [0.5, 0.6) is 0 Å². The summed E-state index contributed by atoms with van der Waals surface area (Å²) in [5, 5.41) is 7.80. The molecule has 0 unspecified atom stereocenters. The largest absolute Gasteiger partial charge is 0.322 e. The molecule has 2 aromatic rings. The highest BCUT2D eigenvalue weighted by molar-refractivity contribution is 6.09. The van der Waals surface area contributed by atoms with Crippen LogP contribution in [0.1, 0.15) is 27.7 Å². The monoisotopic (exact) mass is 352 g/mol. The summed E-state index contributed by atoms with van der Waals surface area (Å²) >= 11 is 0. The number of amides is 4. The second-order valence-electron chi connectivity index (χ2n) is 8.36. The van der Waals surface area contributed by atoms with Gasteiger partial charge in [-0.15, -0.1) is 0 Å². The zero-order valence-electron chi connectivity index (χ0n) is 15.6. The van der Waals surface area contributed by atoms with Crippen molar-refractivity contribution in [3.8, 4) is 0 Å². The Bertz CT molecular complexity index is 844. The van der Waals surface area contributed by atoms with Crippen LogP contribution in [0.2, 0.25) is 0 Å². The van der Waals surface area contributed by atoms with Crippen molar-refractivity contribution in [2.75, 3.05) is 23.7 Å². The smallest absolute Gasteiger partial charge is 0.315 e. The predicted molar refractivity (Wildman–Crippen MR) is 104 cm³/mol. The lowest BCUT2D eigenvalue weighted by molar-refractivity contribution is 0.235. The first-order chi connectivity index (χ1) is 12.2. The lowest BCUT2D eigenvalue weighted by Crippen LogP contribution is -2.24. The Balaban J connectivity index is 1.59. The van der Waals surface area contributed by atoms with E-state index in [0.29, 0.717) is 0 Å². The van der Waals surface area contributed by atoms with E-state index in [-0.39, 0.29) is 23.1 Å². The molecule has 2 aliphatic heterocycles. The molecule has 6 heteroatoms. The van der Waals surface area contributed by atoms with Crippen LogP contribution in [0.15, 0.2) is 36.4 Å². The summed E-state index contributed by atoms with van der Waals surface area (Å²) in [6.45, 7) is 9.68. The van der Waals surface area contributed by atoms with Crippen LogP contribution < -0.4 is 10.6 Å². The van der Waals surface area contributed by atoms with E-state index in [1.165, 1.54) is 0 Å². The lowest BCUT2D eigenvalue weighted by Gasteiger charge is -2.15. The van der Waals surface area contributed by atoms with Gasteiger partial charge in [-0.2, -0.15) is 0 Å². The van der Waals surface area contributed by atoms with Gasteiger partial charge in [-0.3, -0.25) is 0 Å². The molecule has 2 N–H and O–H groups in total. The highest BCUT2D eigenvalue weighted by Crippen LogP contribution is 2.35. The summed E-state index contributed by atoms with van der Waals surface area (Å²) in [5.74, 6) is 0. The zero-order chi connectivity index (χ0) is 18.7. The van der Waals surface area contributed by atoms with Crippen molar-refractivity contribution in [1.82, 2.24) is 9.80 Å². The van der Waals surface area contributed by atoms with Gasteiger partial charge >= 0.3 is 12.1 Å². The number of nitrogens with one attached hydrogen (secondary N) is 2. The van der Waals surface area contributed by atoms with Gasteiger partial charge in [0.15, 0.2) is 0 Å². The molecule has 2 aromatic carbocycles. The van der Waals surface area contributed by atoms with Gasteiger partial charge in [0, 0.05) is 23.9 Å². The maximum absolute atomic E-state index is 12.4. The molecule has 4 amide bonds. The summed E-state index contributed by atoms with van der Waals surface area (Å²) in [6.07, 6.45) is 0. The predicted octanol–water partition coefficient (Wildman–Crippen LogP) is 4.09. The standard InChI is InChI=1S/C20H24N4O2/c1-19(2)11-23(19)17(25)21-15-9-5-8-14-13(15)7-6-10-16(14)22-18(26)24-12-20(24,3)4/h5-10H,11-12H2,1-4H3,(H,21,25)(H,22,26). The molecule has 2 heterocycles. The molecule has 26 heavy (non-hydrogen) atoms. The van der Waals surface area contributed by atoms with Gasteiger partial charge in [0.1, 0.15) is 0 Å². The molecule has 0 saturated carbocycles. The maximum Gasteiger partial charge on any atom is 0.322 e. The average Bonchev–Trinajstić information content (AvgIpc) is 3.42. The van der Waals surface area contributed by atoms with Crippen LogP contribution in [0, 0.1) is 0 Å². The van der Waals surface area contributed by atoms with Crippen LogP contribution >= 0.6 is 0 Å². The lowest BCUT2D eigenvalue weighted by atomic mass is 10.1. The van der Waals surface area contributed by atoms with E-state index < -0.39 is 0 Å². The van der Waals surface area contributed by atoms with Crippen LogP contribution in [-0.4, -0.2) is 46.0 Å². The second-order valence-corrected chi connectivity index (χ2v) is 8.36. The quantitative estimate of drug-likeness (QED) is 0.800. The SMILES string of the molecule is CC1(C)CN1C(=O)Nc1cccc2c(NC(=O)N3CC3(C)C)cccc12. The van der Waals surface area contributed by atoms with E-state index >= 15 is 0 Å². The van der Waals surface area contributed by atoms with Crippen molar-refractivity contribution >= 4 is 34.2 Å². The molecule has 0 atom stereocenters. The third kappa shape index (κ3) is 2.85. The van der Waals surface area contributed by atoms with E-state index in [4.69, 9.17) is 0 Å². The number of anilines is 2. The summed E-state index contributed by atoms with van der Waals surface area (Å²) in [4.78, 5) is 28.4. The van der Waals surface area contributed by atoms with E-state index in [1.807, 2.05) is 64.1 Å². The minimum Gasteiger partial charge on any atom is -0.315 e. The second kappa shape index (κ2) is 5.37. The summed E-state index contributed by atoms with van der Waals surface area (Å²) in [6, 6.07) is 11.3. The number of hydrogen-bond acceptors (Lipinski definition) is 2. The van der Waals surface area contributed by atoms with Crippen LogP contribution in [0.25, 0.3) is 10.8 Å². The fourth-order valence-corrected chi connectivity index (χ4v) is 3.29. The number of carbonyl (C=O) groups excluding carboxylic acids is 2. The van der Waals surface area contributed by atoms with Crippen molar-refractivity contribution in [2.24, 2.45) is 0 Å². The highest BCUT2D eigenvalue weighted by Gasteiger charge is 2.47. The molecule has 136 valence electrons. The minimum absolute atomic E-state index is 0.0701. The summed E-state index contributed by atoms with van der Waals surface area (Å²) in [5.41, 5.74) is 1.36. The van der Waals surface area contributed by atoms with Crippen molar-refractivity contribution in [2.45, 2.75) is 38.8 Å². The van der Waals surface area contributed by atoms with E-state index in [1.54, 1.807) is 9.80 Å². The van der Waals surface area contributed by atoms with Crippen molar-refractivity contribution in [3.05, 3.63) is 36.4 Å². The Morgan fingerprint density at radius 3 is 1.42 bits per heavy atom. The fraction of sp³-hybridized carbons (Fsp3) is 0.400. The zero-order valence-corrected chi connectivity index (χ0v) is 15.6. The van der Waals surface area contributed by atoms with Gasteiger partial charge in [0.05, 0.1) is 22.5 Å². The van der Waals surface area contributed by atoms with Gasteiger partial charge in [0.25, 0.3) is 0 Å². The van der Waals surface area contributed by atoms with Crippen molar-refractivity contribution in [1.29, 1.82) is 0 Å². The van der Waals surface area contributed by atoms with Gasteiger partial charge in [-0.1, -0.05) is 24.3 Å². The number of urea groups is 2. The first-order valence-corrected chi connectivity index (χ1v) is 8.88. The molecule has 4 rings (SSSR count). The molecule has 0 aliphatic carbocycles. The van der Waals surface area contributed by atoms with Crippen LogP contribution in [0.3, 0.4) is 0 Å². The number of rotatable bonds is 2. The van der Waals surface area contributed by atoms with Crippen molar-refractivity contribution < 1.29 is 9.59 Å². The number of carbonyl (C=O) groups is 2. The molecule has 2 fully saturated rings. The first kappa shape index (κ1) is 16.7. The van der Waals surface area contributed by atoms with Gasteiger partial charge < -0.3 is 20.4 Å². The third-order valence-electron chi connectivity index (χ3n) is 5.24. The molecular formula is C20H24N4O2. The Morgan fingerprint density at radius 2 is 1.12 bits per heavy atom. The summed E-state index contributed by atoms with van der Waals surface area (Å²) in [7, 11) is 0. The Morgan fingerprint density at radius 1 is 0.769 bits per heavy atom. The Kier molecular flexibility index (Phi) is 3.45. The number of benzene rings is 2. The number of hydrogen-bond donors (Lipinski definition) is 2. The van der Waals surface area contributed by atoms with E-state index in [2.05, 4.69) is 10.6 Å². The fourth-order valence-electron chi connectivity index (χ4n) is 3.29. The maximum atomic E-state index is 12.4. The normalized spacial score (nSPS) is 19.2. The van der Waals surface area contributed by atoms with Crippen LogP contribution in [0.4, 0.5) is 21.0 Å². The molecular weight excluding hydrogens is 328 g/mol. The topological polar surface area (TPSA) is 64.2 Å². The molecule has 2 saturated heterocycles. The molecule has 0 radical (unpaired) electrons. The third-order valence-corrected chi connectivity index (χ3v) is 5.24. The van der Waals surface area contributed by atoms with Crippen LogP contribution in [-0.2, 0) is 0 Å². The molecule has 0 spiro atoms. The molecule has 0 bridgehead atoms. The summed E-state index contributed by atoms with van der Waals surface area (Å²) < 4.78 is 0. The van der Waals surface area contributed by atoms with Gasteiger partial charge in [-0.25, -0.2) is 9.59 Å². The highest BCUT2D eigenvalue weighted by atomic mass is 16.2. The Hall–Kier alpha value is -2.76. The van der Waals surface area contributed by atoms with Crippen molar-refractivity contribution in [3.63, 3.8) is 0 Å². The first-order valence-electron chi connectivity index (χ1n) is 8.88. The van der Waals surface area contributed by atoms with Gasteiger partial charge in [0.2, 0.25) is 0 Å². The van der Waals surface area contributed by atoms with Gasteiger partial charge in [-0.05, 0) is 39.8 Å². The number of nitrogens with zero attached hydrogens (tertiary/aromatic N) is 2. The Labute approximate surface area is 153 Å². The van der Waals surface area contributed by atoms with E-state index in [9.17, 15) is 9.59 Å². The van der Waals surface area contributed by atoms with E-state index in [0.717, 1.165) is 35.2 Å². The molecule has 2 aliphatic rings. The molecule has 6 nitrogen and oxygen atoms in total. The average molecular weight is 352 g/mol. The minimum atomic E-state index is -0.0946. The molecule has 0 aromatic heterocycles. The number of fused-ring (bicyclic) bond motifs is 1.